The van der Waals surface area contributed by atoms with E-state index in [0.717, 1.165) is 12.0 Å². The van der Waals surface area contributed by atoms with Crippen LogP contribution in [-0.4, -0.2) is 43.0 Å². The predicted octanol–water partition coefficient (Wildman–Crippen LogP) is 2.77. The van der Waals surface area contributed by atoms with Crippen molar-refractivity contribution in [2.24, 2.45) is 0 Å². The monoisotopic (exact) mass is 401 g/mol. The lowest BCUT2D eigenvalue weighted by molar-refractivity contribution is -0.384. The van der Waals surface area contributed by atoms with Crippen LogP contribution in [0, 0.1) is 10.1 Å². The van der Waals surface area contributed by atoms with Crippen LogP contribution >= 0.6 is 0 Å². The third kappa shape index (κ3) is 3.01. The molecule has 146 valence electrons. The molecule has 0 saturated carbocycles. The smallest absolute Gasteiger partial charge is 0.288 e. The number of non-ortho nitro benzene ring substituents is 1. The third-order valence-electron chi connectivity index (χ3n) is 5.31. The topological polar surface area (TPSA) is 101 Å². The van der Waals surface area contributed by atoms with Gasteiger partial charge >= 0.3 is 6.03 Å². The molecule has 2 amide bonds. The Kier molecular flexibility index (Phi) is 4.34. The zero-order valence-corrected chi connectivity index (χ0v) is 16.0. The fourth-order valence-corrected chi connectivity index (χ4v) is 5.88. The first-order valence-electron chi connectivity index (χ1n) is 8.97. The van der Waals surface area contributed by atoms with E-state index in [2.05, 4.69) is 0 Å². The van der Waals surface area contributed by atoms with Gasteiger partial charge < -0.3 is 0 Å². The Balaban J connectivity index is 1.78. The standard InChI is InChI=1S/C19H19N3O5S/c1-2-13-6-8-14(9-7-13)20-17-11-28(26,27)12-18(17)21(19(20)23)15-4-3-5-16(10-15)22(24)25/h3-10,17-18H,2,11-12H2,1H3/t17-,18+/m0/s1. The maximum Gasteiger partial charge on any atom is 0.329 e. The molecule has 4 rings (SSSR count). The normalized spacial score (nSPS) is 23.1. The number of carbonyl (C=O) groups is 1. The van der Waals surface area contributed by atoms with Gasteiger partial charge in [-0.3, -0.25) is 19.9 Å². The van der Waals surface area contributed by atoms with E-state index < -0.39 is 26.8 Å². The maximum absolute atomic E-state index is 13.3. The number of fused-ring (bicyclic) bond motifs is 1. The molecule has 2 heterocycles. The number of amides is 2. The number of hydrogen-bond donors (Lipinski definition) is 0. The van der Waals surface area contributed by atoms with E-state index in [1.54, 1.807) is 6.07 Å². The summed E-state index contributed by atoms with van der Waals surface area (Å²) in [7, 11) is -3.32. The molecule has 0 spiro atoms. The number of carbonyl (C=O) groups excluding carboxylic acids is 1. The number of nitrogens with zero attached hydrogens (tertiary/aromatic N) is 3. The van der Waals surface area contributed by atoms with Gasteiger partial charge in [-0.2, -0.15) is 0 Å². The highest BCUT2D eigenvalue weighted by molar-refractivity contribution is 7.91. The van der Waals surface area contributed by atoms with Crippen molar-refractivity contribution in [2.45, 2.75) is 25.4 Å². The number of aryl methyl sites for hydroxylation is 1. The number of urea groups is 1. The quantitative estimate of drug-likeness (QED) is 0.445. The lowest BCUT2D eigenvalue weighted by Gasteiger charge is -2.22. The van der Waals surface area contributed by atoms with Crippen LogP contribution in [0.5, 0.6) is 0 Å². The second-order valence-electron chi connectivity index (χ2n) is 7.03. The van der Waals surface area contributed by atoms with Crippen LogP contribution in [0.15, 0.2) is 48.5 Å². The molecule has 0 aromatic heterocycles. The first kappa shape index (κ1) is 18.4. The molecular weight excluding hydrogens is 382 g/mol. The molecule has 0 N–H and O–H groups in total. The van der Waals surface area contributed by atoms with Gasteiger partial charge in [0.25, 0.3) is 5.69 Å². The molecule has 0 radical (unpaired) electrons. The van der Waals surface area contributed by atoms with E-state index in [1.165, 1.54) is 28.0 Å². The van der Waals surface area contributed by atoms with Gasteiger partial charge in [-0.25, -0.2) is 13.2 Å². The minimum absolute atomic E-state index is 0.121. The minimum atomic E-state index is -3.32. The van der Waals surface area contributed by atoms with Crippen LogP contribution in [0.25, 0.3) is 0 Å². The molecule has 28 heavy (non-hydrogen) atoms. The summed E-state index contributed by atoms with van der Waals surface area (Å²) in [6.45, 7) is 2.03. The average molecular weight is 401 g/mol. The van der Waals surface area contributed by atoms with Gasteiger partial charge in [0, 0.05) is 17.8 Å². The average Bonchev–Trinajstić information content (AvgIpc) is 3.10. The molecule has 0 unspecified atom stereocenters. The zero-order valence-electron chi connectivity index (χ0n) is 15.2. The summed E-state index contributed by atoms with van der Waals surface area (Å²) in [5.41, 5.74) is 1.93. The van der Waals surface area contributed by atoms with Crippen LogP contribution in [0.3, 0.4) is 0 Å². The van der Waals surface area contributed by atoms with Gasteiger partial charge in [-0.1, -0.05) is 25.1 Å². The third-order valence-corrected chi connectivity index (χ3v) is 7.01. The molecule has 2 fully saturated rings. The highest BCUT2D eigenvalue weighted by atomic mass is 32.2. The van der Waals surface area contributed by atoms with Crippen molar-refractivity contribution in [3.63, 3.8) is 0 Å². The van der Waals surface area contributed by atoms with Crippen LogP contribution in [0.2, 0.25) is 0 Å². The number of nitro benzene ring substituents is 1. The number of benzene rings is 2. The van der Waals surface area contributed by atoms with Gasteiger partial charge in [0.15, 0.2) is 9.84 Å². The first-order valence-corrected chi connectivity index (χ1v) is 10.8. The van der Waals surface area contributed by atoms with Crippen LogP contribution in [0.4, 0.5) is 21.9 Å². The predicted molar refractivity (Wildman–Crippen MR) is 106 cm³/mol. The minimum Gasteiger partial charge on any atom is -0.288 e. The van der Waals surface area contributed by atoms with Gasteiger partial charge in [-0.05, 0) is 30.2 Å². The van der Waals surface area contributed by atoms with Crippen LogP contribution < -0.4 is 9.80 Å². The summed E-state index contributed by atoms with van der Waals surface area (Å²) in [5, 5.41) is 11.1. The van der Waals surface area contributed by atoms with E-state index in [0.29, 0.717) is 11.4 Å². The lowest BCUT2D eigenvalue weighted by atomic mass is 10.1. The Morgan fingerprint density at radius 3 is 2.21 bits per heavy atom. The summed E-state index contributed by atoms with van der Waals surface area (Å²) in [6, 6.07) is 11.7. The van der Waals surface area contributed by atoms with Crippen LogP contribution in [0.1, 0.15) is 12.5 Å². The Bertz CT molecular complexity index is 1050. The molecular formula is C19H19N3O5S. The summed E-state index contributed by atoms with van der Waals surface area (Å²) >= 11 is 0. The molecule has 0 bridgehead atoms. The van der Waals surface area contributed by atoms with Crippen molar-refractivity contribution in [2.75, 3.05) is 21.3 Å². The number of sulfone groups is 1. The Hall–Kier alpha value is -2.94. The van der Waals surface area contributed by atoms with Gasteiger partial charge in [0.05, 0.1) is 34.2 Å². The van der Waals surface area contributed by atoms with E-state index in [1.807, 2.05) is 31.2 Å². The molecule has 2 aromatic carbocycles. The second kappa shape index (κ2) is 6.59. The molecule has 8 nitrogen and oxygen atoms in total. The highest BCUT2D eigenvalue weighted by Gasteiger charge is 2.54. The molecule has 9 heteroatoms. The Morgan fingerprint density at radius 2 is 1.64 bits per heavy atom. The number of rotatable bonds is 4. The van der Waals surface area contributed by atoms with E-state index >= 15 is 0 Å². The van der Waals surface area contributed by atoms with E-state index in [4.69, 9.17) is 0 Å². The first-order chi connectivity index (χ1) is 13.3. The number of anilines is 2. The highest BCUT2D eigenvalue weighted by Crippen LogP contribution is 2.38. The second-order valence-corrected chi connectivity index (χ2v) is 9.18. The fraction of sp³-hybridized carbons (Fsp3) is 0.316. The fourth-order valence-electron chi connectivity index (χ4n) is 3.96. The molecule has 2 aliphatic heterocycles. The summed E-state index contributed by atoms with van der Waals surface area (Å²) < 4.78 is 24.6. The van der Waals surface area contributed by atoms with Gasteiger partial charge in [-0.15, -0.1) is 0 Å². The van der Waals surface area contributed by atoms with Gasteiger partial charge in [0.2, 0.25) is 0 Å². The molecule has 2 atom stereocenters. The van der Waals surface area contributed by atoms with Crippen molar-refractivity contribution < 1.29 is 18.1 Å². The zero-order chi connectivity index (χ0) is 20.1. The molecule has 2 aromatic rings. The maximum atomic E-state index is 13.3. The summed E-state index contributed by atoms with van der Waals surface area (Å²) in [5.74, 6) is -0.278. The van der Waals surface area contributed by atoms with Crippen molar-refractivity contribution in [1.82, 2.24) is 0 Å². The number of hydrogen-bond acceptors (Lipinski definition) is 5. The largest absolute Gasteiger partial charge is 0.329 e. The Labute approximate surface area is 162 Å². The van der Waals surface area contributed by atoms with Crippen LogP contribution in [-0.2, 0) is 16.3 Å². The molecule has 0 aliphatic carbocycles. The molecule has 2 aliphatic rings. The van der Waals surface area contributed by atoms with Gasteiger partial charge in [0.1, 0.15) is 0 Å². The van der Waals surface area contributed by atoms with E-state index in [9.17, 15) is 23.3 Å². The summed E-state index contributed by atoms with van der Waals surface area (Å²) in [4.78, 5) is 26.7. The van der Waals surface area contributed by atoms with Crippen molar-refractivity contribution in [3.05, 3.63) is 64.2 Å². The SMILES string of the molecule is CCc1ccc(N2C(=O)N(c3cccc([N+](=O)[O-])c3)[C@@H]3CS(=O)(=O)C[C@@H]32)cc1. The van der Waals surface area contributed by atoms with Crippen molar-refractivity contribution in [1.29, 1.82) is 0 Å². The Morgan fingerprint density at radius 1 is 1.04 bits per heavy atom. The van der Waals surface area contributed by atoms with Crippen molar-refractivity contribution in [3.8, 4) is 0 Å². The summed E-state index contributed by atoms with van der Waals surface area (Å²) in [6.07, 6.45) is 0.856. The lowest BCUT2D eigenvalue weighted by Crippen LogP contribution is -2.37. The number of nitro groups is 1. The van der Waals surface area contributed by atoms with Crippen molar-refractivity contribution >= 4 is 32.9 Å². The van der Waals surface area contributed by atoms with E-state index in [-0.39, 0.29) is 23.2 Å². The molecule has 2 saturated heterocycles.